The minimum Gasteiger partial charge on any atom is -0.379 e. The first-order valence-electron chi connectivity index (χ1n) is 9.80. The topological polar surface area (TPSA) is 76.5 Å². The van der Waals surface area contributed by atoms with E-state index in [9.17, 15) is 9.59 Å². The Labute approximate surface area is 168 Å². The maximum absolute atomic E-state index is 12.8. The van der Waals surface area contributed by atoms with E-state index in [4.69, 9.17) is 4.74 Å². The van der Waals surface area contributed by atoms with Gasteiger partial charge in [-0.15, -0.1) is 0 Å². The van der Waals surface area contributed by atoms with Gasteiger partial charge in [0.2, 0.25) is 5.91 Å². The van der Waals surface area contributed by atoms with Crippen molar-refractivity contribution < 1.29 is 9.53 Å². The number of nitrogens with one attached hydrogen (secondary N) is 1. The van der Waals surface area contributed by atoms with E-state index in [0.717, 1.165) is 24.0 Å². The van der Waals surface area contributed by atoms with Crippen LogP contribution in [0, 0.1) is 0 Å². The number of morpholine rings is 1. The standard InChI is InChI=1S/C22H24N4O3/c27-21(16-26-22(28)19-9-5-4-8-18(19)14-23-26)24-20(17-6-2-1-3-7-17)15-25-10-12-29-13-11-25/h1-9,14,20H,10-13,15-16H2,(H,24,27). The number of benzene rings is 2. The fourth-order valence-corrected chi connectivity index (χ4v) is 3.58. The van der Waals surface area contributed by atoms with Gasteiger partial charge in [0, 0.05) is 25.0 Å². The minimum absolute atomic E-state index is 0.115. The zero-order valence-corrected chi connectivity index (χ0v) is 16.2. The smallest absolute Gasteiger partial charge is 0.275 e. The Hall–Kier alpha value is -3.03. The summed E-state index contributed by atoms with van der Waals surface area (Å²) in [5.74, 6) is -0.239. The number of ether oxygens (including phenoxy) is 1. The van der Waals surface area contributed by atoms with Crippen molar-refractivity contribution in [1.82, 2.24) is 20.0 Å². The van der Waals surface area contributed by atoms with Gasteiger partial charge in [-0.1, -0.05) is 48.5 Å². The molecular formula is C22H24N4O3. The van der Waals surface area contributed by atoms with Crippen LogP contribution in [0.4, 0.5) is 0 Å². The molecule has 1 fully saturated rings. The third-order valence-corrected chi connectivity index (χ3v) is 5.14. The molecule has 1 atom stereocenters. The summed E-state index contributed by atoms with van der Waals surface area (Å²) in [7, 11) is 0. The predicted octanol–water partition coefficient (Wildman–Crippen LogP) is 1.59. The second kappa shape index (κ2) is 8.98. The molecule has 2 heterocycles. The van der Waals surface area contributed by atoms with Crippen LogP contribution in [-0.2, 0) is 16.1 Å². The predicted molar refractivity (Wildman–Crippen MR) is 111 cm³/mol. The van der Waals surface area contributed by atoms with Crippen LogP contribution in [0.15, 0.2) is 65.6 Å². The van der Waals surface area contributed by atoms with Gasteiger partial charge in [0.15, 0.2) is 0 Å². The van der Waals surface area contributed by atoms with E-state index in [0.29, 0.717) is 25.1 Å². The van der Waals surface area contributed by atoms with Crippen molar-refractivity contribution in [3.8, 4) is 0 Å². The average molecular weight is 392 g/mol. The summed E-state index contributed by atoms with van der Waals surface area (Å²) >= 11 is 0. The molecule has 1 saturated heterocycles. The van der Waals surface area contributed by atoms with Crippen molar-refractivity contribution >= 4 is 16.7 Å². The highest BCUT2D eigenvalue weighted by Crippen LogP contribution is 2.15. The monoisotopic (exact) mass is 392 g/mol. The molecule has 7 heteroatoms. The largest absolute Gasteiger partial charge is 0.379 e. The van der Waals surface area contributed by atoms with Gasteiger partial charge in [0.25, 0.3) is 5.56 Å². The summed E-state index contributed by atoms with van der Waals surface area (Å²) < 4.78 is 6.64. The van der Waals surface area contributed by atoms with E-state index in [2.05, 4.69) is 15.3 Å². The molecule has 0 saturated carbocycles. The molecule has 3 aromatic rings. The summed E-state index contributed by atoms with van der Waals surface area (Å²) in [5, 5.41) is 8.57. The third-order valence-electron chi connectivity index (χ3n) is 5.14. The molecule has 2 aromatic carbocycles. The first-order chi connectivity index (χ1) is 14.2. The van der Waals surface area contributed by atoms with Crippen molar-refractivity contribution in [2.24, 2.45) is 0 Å². The SMILES string of the molecule is O=C(Cn1ncc2ccccc2c1=O)NC(CN1CCOCC1)c1ccccc1. The lowest BCUT2D eigenvalue weighted by molar-refractivity contribution is -0.122. The van der Waals surface area contributed by atoms with Crippen molar-refractivity contribution in [3.05, 3.63) is 76.7 Å². The second-order valence-electron chi connectivity index (χ2n) is 7.14. The molecule has 1 aromatic heterocycles. The van der Waals surface area contributed by atoms with Gasteiger partial charge in [0.1, 0.15) is 6.54 Å². The zero-order valence-electron chi connectivity index (χ0n) is 16.2. The van der Waals surface area contributed by atoms with E-state index < -0.39 is 0 Å². The first-order valence-corrected chi connectivity index (χ1v) is 9.80. The Balaban J connectivity index is 1.50. The van der Waals surface area contributed by atoms with E-state index in [-0.39, 0.29) is 24.1 Å². The molecule has 0 spiro atoms. The fraction of sp³-hybridized carbons (Fsp3) is 0.318. The fourth-order valence-electron chi connectivity index (χ4n) is 3.58. The highest BCUT2D eigenvalue weighted by atomic mass is 16.5. The molecule has 4 rings (SSSR count). The highest BCUT2D eigenvalue weighted by Gasteiger charge is 2.20. The summed E-state index contributed by atoms with van der Waals surface area (Å²) in [6.07, 6.45) is 1.62. The van der Waals surface area contributed by atoms with Gasteiger partial charge in [-0.3, -0.25) is 14.5 Å². The van der Waals surface area contributed by atoms with Gasteiger partial charge in [-0.05, 0) is 11.6 Å². The number of nitrogens with zero attached hydrogens (tertiary/aromatic N) is 3. The molecular weight excluding hydrogens is 368 g/mol. The zero-order chi connectivity index (χ0) is 20.1. The van der Waals surface area contributed by atoms with Crippen LogP contribution >= 0.6 is 0 Å². The first kappa shape index (κ1) is 19.3. The average Bonchev–Trinajstić information content (AvgIpc) is 2.77. The van der Waals surface area contributed by atoms with Gasteiger partial charge in [0.05, 0.1) is 30.8 Å². The summed E-state index contributed by atoms with van der Waals surface area (Å²) in [4.78, 5) is 27.7. The van der Waals surface area contributed by atoms with Crippen molar-refractivity contribution in [2.75, 3.05) is 32.8 Å². The molecule has 1 aliphatic rings. The summed E-state index contributed by atoms with van der Waals surface area (Å²) in [6, 6.07) is 17.0. The number of hydrogen-bond donors (Lipinski definition) is 1. The summed E-state index contributed by atoms with van der Waals surface area (Å²) in [5.41, 5.74) is 0.772. The van der Waals surface area contributed by atoms with Crippen LogP contribution in [0.5, 0.6) is 0 Å². The quantitative estimate of drug-likeness (QED) is 0.689. The van der Waals surface area contributed by atoms with Crippen molar-refractivity contribution in [1.29, 1.82) is 0 Å². The molecule has 0 radical (unpaired) electrons. The van der Waals surface area contributed by atoms with E-state index >= 15 is 0 Å². The van der Waals surface area contributed by atoms with Gasteiger partial charge in [-0.25, -0.2) is 4.68 Å². The Bertz CT molecular complexity index is 1030. The van der Waals surface area contributed by atoms with Gasteiger partial charge in [-0.2, -0.15) is 5.10 Å². The number of fused-ring (bicyclic) bond motifs is 1. The lowest BCUT2D eigenvalue weighted by Gasteiger charge is -2.31. The second-order valence-corrected chi connectivity index (χ2v) is 7.14. The molecule has 0 bridgehead atoms. The Kier molecular flexibility index (Phi) is 5.97. The molecule has 1 aliphatic heterocycles. The van der Waals surface area contributed by atoms with Crippen molar-refractivity contribution in [2.45, 2.75) is 12.6 Å². The number of carbonyl (C=O) groups excluding carboxylic acids is 1. The maximum Gasteiger partial charge on any atom is 0.275 e. The van der Waals surface area contributed by atoms with E-state index in [1.54, 1.807) is 12.3 Å². The Morgan fingerprint density at radius 3 is 2.59 bits per heavy atom. The van der Waals surface area contributed by atoms with Crippen LogP contribution < -0.4 is 10.9 Å². The number of rotatable bonds is 6. The maximum atomic E-state index is 12.8. The van der Waals surface area contributed by atoms with Crippen LogP contribution in [0.3, 0.4) is 0 Å². The molecule has 7 nitrogen and oxygen atoms in total. The number of aromatic nitrogens is 2. The van der Waals surface area contributed by atoms with Crippen LogP contribution in [0.1, 0.15) is 11.6 Å². The highest BCUT2D eigenvalue weighted by molar-refractivity contribution is 5.81. The number of hydrogen-bond acceptors (Lipinski definition) is 5. The summed E-state index contributed by atoms with van der Waals surface area (Å²) in [6.45, 7) is 3.66. The lowest BCUT2D eigenvalue weighted by Crippen LogP contribution is -2.44. The lowest BCUT2D eigenvalue weighted by atomic mass is 10.1. The van der Waals surface area contributed by atoms with Crippen LogP contribution in [-0.4, -0.2) is 53.4 Å². The third kappa shape index (κ3) is 4.70. The molecule has 1 amide bonds. The molecule has 29 heavy (non-hydrogen) atoms. The normalized spacial score (nSPS) is 15.9. The Morgan fingerprint density at radius 2 is 1.79 bits per heavy atom. The molecule has 150 valence electrons. The molecule has 1 N–H and O–H groups in total. The van der Waals surface area contributed by atoms with E-state index in [1.165, 1.54) is 4.68 Å². The Morgan fingerprint density at radius 1 is 1.07 bits per heavy atom. The molecule has 0 aliphatic carbocycles. The van der Waals surface area contributed by atoms with Crippen LogP contribution in [0.2, 0.25) is 0 Å². The van der Waals surface area contributed by atoms with Gasteiger partial charge < -0.3 is 10.1 Å². The number of amides is 1. The van der Waals surface area contributed by atoms with Crippen molar-refractivity contribution in [3.63, 3.8) is 0 Å². The molecule has 1 unspecified atom stereocenters. The number of carbonyl (C=O) groups is 1. The van der Waals surface area contributed by atoms with Crippen LogP contribution in [0.25, 0.3) is 10.8 Å². The van der Waals surface area contributed by atoms with E-state index in [1.807, 2.05) is 48.5 Å². The van der Waals surface area contributed by atoms with Gasteiger partial charge >= 0.3 is 0 Å². The minimum atomic E-state index is -0.261.